The first-order valence-electron chi connectivity index (χ1n) is 8.58. The molecule has 0 aromatic heterocycles. The van der Waals surface area contributed by atoms with E-state index in [4.69, 9.17) is 0 Å². The Bertz CT molecular complexity index is 973. The lowest BCUT2D eigenvalue weighted by molar-refractivity contribution is 1.38. The highest BCUT2D eigenvalue weighted by Crippen LogP contribution is 2.41. The quantitative estimate of drug-likeness (QED) is 0.215. The van der Waals surface area contributed by atoms with E-state index in [9.17, 15) is 0 Å². The third-order valence-electron chi connectivity index (χ3n) is 4.27. The summed E-state index contributed by atoms with van der Waals surface area (Å²) in [7, 11) is 0. The predicted molar refractivity (Wildman–Crippen MR) is 133 cm³/mol. The Morgan fingerprint density at radius 1 is 0.481 bits per heavy atom. The zero-order valence-corrected chi connectivity index (χ0v) is 19.5. The van der Waals surface area contributed by atoms with Crippen molar-refractivity contribution < 1.29 is 0 Å². The van der Waals surface area contributed by atoms with Gasteiger partial charge in [0.25, 0.3) is 0 Å². The second-order valence-electron chi connectivity index (χ2n) is 6.12. The zero-order chi connectivity index (χ0) is 18.6. The standard InChI is InChI=1S/C24H16I2S/c25-19-11-13-23(21(15-19)17-7-3-1-4-8-17)27-24-14-12-20(26)16-22(24)18-9-5-2-6-10-18/h1-16H. The van der Waals surface area contributed by atoms with Crippen LogP contribution in [0.5, 0.6) is 0 Å². The fraction of sp³-hybridized carbons (Fsp3) is 0. The molecule has 0 aliphatic heterocycles. The van der Waals surface area contributed by atoms with Crippen LogP contribution in [0.15, 0.2) is 107 Å². The van der Waals surface area contributed by atoms with Crippen LogP contribution in [0.1, 0.15) is 0 Å². The molecule has 0 unspecified atom stereocenters. The second kappa shape index (κ2) is 8.80. The average molecular weight is 590 g/mol. The van der Waals surface area contributed by atoms with E-state index in [1.54, 1.807) is 0 Å². The van der Waals surface area contributed by atoms with Crippen molar-refractivity contribution in [1.82, 2.24) is 0 Å². The fourth-order valence-corrected chi connectivity index (χ4v) is 5.05. The van der Waals surface area contributed by atoms with E-state index < -0.39 is 0 Å². The Labute approximate surface area is 191 Å². The Balaban J connectivity index is 1.80. The molecule has 3 heteroatoms. The third-order valence-corrected chi connectivity index (χ3v) is 6.77. The largest absolute Gasteiger partial charge is 0.0888 e. The molecule has 0 amide bonds. The topological polar surface area (TPSA) is 0 Å². The fourth-order valence-electron chi connectivity index (χ4n) is 2.99. The maximum absolute atomic E-state index is 2.39. The van der Waals surface area contributed by atoms with Crippen molar-refractivity contribution in [2.45, 2.75) is 9.79 Å². The van der Waals surface area contributed by atoms with Gasteiger partial charge < -0.3 is 0 Å². The van der Waals surface area contributed by atoms with Gasteiger partial charge in [-0.2, -0.15) is 0 Å². The second-order valence-corrected chi connectivity index (χ2v) is 9.69. The van der Waals surface area contributed by atoms with E-state index in [-0.39, 0.29) is 0 Å². The molecule has 4 rings (SSSR count). The minimum Gasteiger partial charge on any atom is -0.0888 e. The van der Waals surface area contributed by atoms with Crippen LogP contribution >= 0.6 is 56.9 Å². The number of benzene rings is 4. The molecule has 27 heavy (non-hydrogen) atoms. The van der Waals surface area contributed by atoms with Crippen molar-refractivity contribution in [1.29, 1.82) is 0 Å². The van der Waals surface area contributed by atoms with Crippen LogP contribution in [0.3, 0.4) is 0 Å². The van der Waals surface area contributed by atoms with Gasteiger partial charge in [0.2, 0.25) is 0 Å². The van der Waals surface area contributed by atoms with Crippen molar-refractivity contribution in [3.63, 3.8) is 0 Å². The first kappa shape index (κ1) is 19.0. The van der Waals surface area contributed by atoms with Gasteiger partial charge in [-0.05, 0) is 104 Å². The number of hydrogen-bond donors (Lipinski definition) is 0. The molecule has 0 fully saturated rings. The van der Waals surface area contributed by atoms with Crippen LogP contribution in [0.25, 0.3) is 22.3 Å². The Morgan fingerprint density at radius 3 is 1.30 bits per heavy atom. The van der Waals surface area contributed by atoms with Crippen LogP contribution in [0.4, 0.5) is 0 Å². The molecule has 132 valence electrons. The van der Waals surface area contributed by atoms with E-state index in [2.05, 4.69) is 142 Å². The summed E-state index contributed by atoms with van der Waals surface area (Å²) in [4.78, 5) is 2.56. The number of rotatable bonds is 4. The first-order valence-corrected chi connectivity index (χ1v) is 11.6. The van der Waals surface area contributed by atoms with Crippen LogP contribution in [0.2, 0.25) is 0 Å². The van der Waals surface area contributed by atoms with Crippen molar-refractivity contribution >= 4 is 56.9 Å². The minimum absolute atomic E-state index is 1.25. The van der Waals surface area contributed by atoms with Crippen LogP contribution in [0, 0.1) is 7.14 Å². The van der Waals surface area contributed by atoms with E-state index in [0.29, 0.717) is 0 Å². The molecule has 0 aliphatic carbocycles. The van der Waals surface area contributed by atoms with Gasteiger partial charge in [0.15, 0.2) is 0 Å². The summed E-state index contributed by atoms with van der Waals surface area (Å²) >= 11 is 6.62. The lowest BCUT2D eigenvalue weighted by Gasteiger charge is -2.14. The van der Waals surface area contributed by atoms with Gasteiger partial charge in [0.1, 0.15) is 0 Å². The molecule has 4 aromatic rings. The van der Waals surface area contributed by atoms with E-state index in [0.717, 1.165) is 0 Å². The summed E-state index contributed by atoms with van der Waals surface area (Å²) in [6.45, 7) is 0. The number of hydrogen-bond acceptors (Lipinski definition) is 1. The minimum atomic E-state index is 1.25. The molecule has 0 nitrogen and oxygen atoms in total. The Kier molecular flexibility index (Phi) is 6.20. The van der Waals surface area contributed by atoms with E-state index in [1.165, 1.54) is 39.2 Å². The Morgan fingerprint density at radius 2 is 0.889 bits per heavy atom. The first-order chi connectivity index (χ1) is 13.2. The predicted octanol–water partition coefficient (Wildman–Crippen LogP) is 8.38. The monoisotopic (exact) mass is 590 g/mol. The highest BCUT2D eigenvalue weighted by Gasteiger charge is 2.12. The molecule has 0 radical (unpaired) electrons. The van der Waals surface area contributed by atoms with Gasteiger partial charge >= 0.3 is 0 Å². The van der Waals surface area contributed by atoms with Crippen molar-refractivity contribution in [3.05, 3.63) is 104 Å². The lowest BCUT2D eigenvalue weighted by Crippen LogP contribution is -1.88. The molecule has 0 heterocycles. The summed E-state index contributed by atoms with van der Waals surface area (Å²) in [6.07, 6.45) is 0. The van der Waals surface area contributed by atoms with Crippen molar-refractivity contribution in [2.75, 3.05) is 0 Å². The molecule has 0 saturated carbocycles. The van der Waals surface area contributed by atoms with Crippen LogP contribution in [-0.2, 0) is 0 Å². The van der Waals surface area contributed by atoms with Crippen LogP contribution < -0.4 is 0 Å². The molecule has 4 aromatic carbocycles. The van der Waals surface area contributed by atoms with Crippen molar-refractivity contribution in [3.8, 4) is 22.3 Å². The number of halogens is 2. The van der Waals surface area contributed by atoms with Crippen LogP contribution in [-0.4, -0.2) is 0 Å². The van der Waals surface area contributed by atoms with E-state index >= 15 is 0 Å². The molecule has 0 saturated heterocycles. The molecule has 0 aliphatic rings. The van der Waals surface area contributed by atoms with Gasteiger partial charge in [0, 0.05) is 16.9 Å². The zero-order valence-electron chi connectivity index (χ0n) is 14.4. The molecule has 0 atom stereocenters. The highest BCUT2D eigenvalue weighted by molar-refractivity contribution is 14.1. The van der Waals surface area contributed by atoms with Gasteiger partial charge in [-0.3, -0.25) is 0 Å². The van der Waals surface area contributed by atoms with Gasteiger partial charge in [-0.1, -0.05) is 72.4 Å². The summed E-state index contributed by atoms with van der Waals surface area (Å²) in [6, 6.07) is 34.7. The normalized spacial score (nSPS) is 10.7. The summed E-state index contributed by atoms with van der Waals surface area (Å²) in [5.41, 5.74) is 5.07. The van der Waals surface area contributed by atoms with Crippen molar-refractivity contribution in [2.24, 2.45) is 0 Å². The lowest BCUT2D eigenvalue weighted by atomic mass is 10.1. The smallest absolute Gasteiger partial charge is 0.0201 e. The molecule has 0 N–H and O–H groups in total. The Hall–Kier alpha value is -1.31. The molecule has 0 bridgehead atoms. The summed E-state index contributed by atoms with van der Waals surface area (Å²) in [5, 5.41) is 0. The van der Waals surface area contributed by atoms with Gasteiger partial charge in [0.05, 0.1) is 0 Å². The van der Waals surface area contributed by atoms with Gasteiger partial charge in [-0.25, -0.2) is 0 Å². The summed E-state index contributed by atoms with van der Waals surface area (Å²) < 4.78 is 2.50. The molecular formula is C24H16I2S. The SMILES string of the molecule is Ic1ccc(Sc2ccc(I)cc2-c2ccccc2)c(-c2ccccc2)c1. The highest BCUT2D eigenvalue weighted by atomic mass is 127. The van der Waals surface area contributed by atoms with Gasteiger partial charge in [-0.15, -0.1) is 0 Å². The maximum atomic E-state index is 2.39. The maximum Gasteiger partial charge on any atom is 0.0201 e. The average Bonchev–Trinajstić information content (AvgIpc) is 2.72. The molecule has 0 spiro atoms. The third kappa shape index (κ3) is 4.58. The molecular weight excluding hydrogens is 574 g/mol. The van der Waals surface area contributed by atoms with E-state index in [1.807, 2.05) is 11.8 Å². The summed E-state index contributed by atoms with van der Waals surface area (Å²) in [5.74, 6) is 0.